The van der Waals surface area contributed by atoms with Gasteiger partial charge in [0.05, 0.1) is 11.4 Å². The summed E-state index contributed by atoms with van der Waals surface area (Å²) in [5.41, 5.74) is 9.28. The van der Waals surface area contributed by atoms with Crippen molar-refractivity contribution in [3.05, 3.63) is 48.0 Å². The van der Waals surface area contributed by atoms with Crippen molar-refractivity contribution in [3.8, 4) is 5.75 Å². The molecule has 2 rings (SSSR count). The van der Waals surface area contributed by atoms with Gasteiger partial charge in [-0.25, -0.2) is 0 Å². The van der Waals surface area contributed by atoms with E-state index in [1.54, 1.807) is 12.1 Å². The van der Waals surface area contributed by atoms with Crippen molar-refractivity contribution >= 4 is 17.1 Å². The summed E-state index contributed by atoms with van der Waals surface area (Å²) in [4.78, 5) is 0. The number of anilines is 3. The second kappa shape index (κ2) is 4.14. The molecular weight excluding hydrogens is 200 g/mol. The van der Waals surface area contributed by atoms with Gasteiger partial charge in [0.15, 0.2) is 0 Å². The minimum atomic E-state index is 0.173. The molecule has 4 N–H and O–H groups in total. The van der Waals surface area contributed by atoms with Crippen LogP contribution in [0.5, 0.6) is 5.75 Å². The maximum absolute atomic E-state index is 9.24. The van der Waals surface area contributed by atoms with E-state index in [2.05, 4.69) is 5.32 Å². The summed E-state index contributed by atoms with van der Waals surface area (Å²) >= 11 is 0. The number of nitrogens with two attached hydrogens (primary N) is 1. The lowest BCUT2D eigenvalue weighted by atomic mass is 10.2. The summed E-state index contributed by atoms with van der Waals surface area (Å²) in [6.07, 6.45) is 0. The number of nitrogen functional groups attached to an aromatic ring is 1. The smallest absolute Gasteiger partial charge is 0.117 e. The summed E-state index contributed by atoms with van der Waals surface area (Å²) < 4.78 is 0. The Morgan fingerprint density at radius 1 is 1.12 bits per heavy atom. The standard InChI is InChI=1S/C13H14N2O/c1-9-3-2-4-10(7-9)15-13-6-5-11(16)8-12(13)14/h2-8,15-16H,14H2,1H3. The van der Waals surface area contributed by atoms with Crippen LogP contribution in [-0.4, -0.2) is 5.11 Å². The van der Waals surface area contributed by atoms with Crippen molar-refractivity contribution in [1.82, 2.24) is 0 Å². The molecule has 82 valence electrons. The molecule has 0 aliphatic carbocycles. The van der Waals surface area contributed by atoms with Gasteiger partial charge in [0.2, 0.25) is 0 Å². The quantitative estimate of drug-likeness (QED) is 0.532. The molecule has 3 heteroatoms. The number of rotatable bonds is 2. The molecule has 0 atom stereocenters. The molecule has 0 aliphatic heterocycles. The van der Waals surface area contributed by atoms with Crippen molar-refractivity contribution < 1.29 is 5.11 Å². The van der Waals surface area contributed by atoms with Crippen LogP contribution in [0.2, 0.25) is 0 Å². The second-order valence-electron chi connectivity index (χ2n) is 3.77. The van der Waals surface area contributed by atoms with Crippen LogP contribution in [0.25, 0.3) is 0 Å². The van der Waals surface area contributed by atoms with Crippen LogP contribution in [0.15, 0.2) is 42.5 Å². The third-order valence-electron chi connectivity index (χ3n) is 2.33. The molecule has 0 bridgehead atoms. The van der Waals surface area contributed by atoms with Gasteiger partial charge in [-0.1, -0.05) is 12.1 Å². The van der Waals surface area contributed by atoms with Gasteiger partial charge in [0, 0.05) is 11.8 Å². The van der Waals surface area contributed by atoms with Gasteiger partial charge >= 0.3 is 0 Å². The summed E-state index contributed by atoms with van der Waals surface area (Å²) in [7, 11) is 0. The highest BCUT2D eigenvalue weighted by atomic mass is 16.3. The van der Waals surface area contributed by atoms with E-state index in [4.69, 9.17) is 5.73 Å². The number of hydrogen-bond acceptors (Lipinski definition) is 3. The third kappa shape index (κ3) is 2.25. The zero-order valence-electron chi connectivity index (χ0n) is 9.07. The third-order valence-corrected chi connectivity index (χ3v) is 2.33. The Hall–Kier alpha value is -2.16. The Morgan fingerprint density at radius 3 is 2.62 bits per heavy atom. The molecule has 0 aliphatic rings. The molecule has 3 nitrogen and oxygen atoms in total. The van der Waals surface area contributed by atoms with E-state index in [-0.39, 0.29) is 5.75 Å². The van der Waals surface area contributed by atoms with Gasteiger partial charge < -0.3 is 16.2 Å². The summed E-state index contributed by atoms with van der Waals surface area (Å²) in [5, 5.41) is 12.4. The zero-order valence-corrected chi connectivity index (χ0v) is 9.07. The Bertz CT molecular complexity index is 509. The molecule has 0 amide bonds. The van der Waals surface area contributed by atoms with Crippen LogP contribution in [-0.2, 0) is 0 Å². The maximum Gasteiger partial charge on any atom is 0.117 e. The highest BCUT2D eigenvalue weighted by molar-refractivity contribution is 5.73. The van der Waals surface area contributed by atoms with Crippen molar-refractivity contribution in [1.29, 1.82) is 0 Å². The first-order valence-corrected chi connectivity index (χ1v) is 5.07. The van der Waals surface area contributed by atoms with Crippen LogP contribution in [0.1, 0.15) is 5.56 Å². The zero-order chi connectivity index (χ0) is 11.5. The predicted octanol–water partition coefficient (Wildman–Crippen LogP) is 3.03. The molecule has 0 spiro atoms. The number of aryl methyl sites for hydroxylation is 1. The normalized spacial score (nSPS) is 10.1. The first kappa shape index (κ1) is 10.4. The van der Waals surface area contributed by atoms with Gasteiger partial charge in [-0.2, -0.15) is 0 Å². The fourth-order valence-corrected chi connectivity index (χ4v) is 1.54. The second-order valence-corrected chi connectivity index (χ2v) is 3.77. The molecule has 0 heterocycles. The monoisotopic (exact) mass is 214 g/mol. The molecule has 0 aromatic heterocycles. The topological polar surface area (TPSA) is 58.3 Å². The van der Waals surface area contributed by atoms with Crippen molar-refractivity contribution in [3.63, 3.8) is 0 Å². The molecular formula is C13H14N2O. The van der Waals surface area contributed by atoms with Crippen molar-refractivity contribution in [2.75, 3.05) is 11.1 Å². The van der Waals surface area contributed by atoms with E-state index < -0.39 is 0 Å². The molecule has 0 saturated heterocycles. The summed E-state index contributed by atoms with van der Waals surface area (Å²) in [5.74, 6) is 0.173. The van der Waals surface area contributed by atoms with E-state index in [9.17, 15) is 5.11 Å². The van der Waals surface area contributed by atoms with Gasteiger partial charge in [0.25, 0.3) is 0 Å². The Kier molecular flexibility index (Phi) is 2.68. The minimum Gasteiger partial charge on any atom is -0.508 e. The van der Waals surface area contributed by atoms with Crippen molar-refractivity contribution in [2.45, 2.75) is 6.92 Å². The lowest BCUT2D eigenvalue weighted by Gasteiger charge is -2.10. The van der Waals surface area contributed by atoms with E-state index in [0.717, 1.165) is 11.4 Å². The fourth-order valence-electron chi connectivity index (χ4n) is 1.54. The molecule has 0 radical (unpaired) electrons. The highest BCUT2D eigenvalue weighted by Crippen LogP contribution is 2.26. The number of benzene rings is 2. The lowest BCUT2D eigenvalue weighted by molar-refractivity contribution is 0.476. The van der Waals surface area contributed by atoms with Crippen LogP contribution in [0.3, 0.4) is 0 Å². The molecule has 2 aromatic rings. The van der Waals surface area contributed by atoms with Crippen LogP contribution >= 0.6 is 0 Å². The van der Waals surface area contributed by atoms with E-state index in [0.29, 0.717) is 5.69 Å². The van der Waals surface area contributed by atoms with Gasteiger partial charge in [-0.05, 0) is 36.8 Å². The number of hydrogen-bond donors (Lipinski definition) is 3. The largest absolute Gasteiger partial charge is 0.508 e. The fraction of sp³-hybridized carbons (Fsp3) is 0.0769. The maximum atomic E-state index is 9.24. The molecule has 2 aromatic carbocycles. The van der Waals surface area contributed by atoms with Gasteiger partial charge in [0.1, 0.15) is 5.75 Å². The SMILES string of the molecule is Cc1cccc(Nc2ccc(O)cc2N)c1. The van der Waals surface area contributed by atoms with E-state index in [1.165, 1.54) is 11.6 Å². The number of aromatic hydroxyl groups is 1. The molecule has 16 heavy (non-hydrogen) atoms. The highest BCUT2D eigenvalue weighted by Gasteiger charge is 2.00. The van der Waals surface area contributed by atoms with E-state index >= 15 is 0 Å². The van der Waals surface area contributed by atoms with Crippen LogP contribution < -0.4 is 11.1 Å². The average Bonchev–Trinajstić information content (AvgIpc) is 2.22. The Morgan fingerprint density at radius 2 is 1.94 bits per heavy atom. The van der Waals surface area contributed by atoms with Crippen LogP contribution in [0, 0.1) is 6.92 Å². The molecule has 0 fully saturated rings. The number of phenols is 1. The first-order chi connectivity index (χ1) is 7.65. The summed E-state index contributed by atoms with van der Waals surface area (Å²) in [6, 6.07) is 12.9. The van der Waals surface area contributed by atoms with E-state index in [1.807, 2.05) is 31.2 Å². The predicted molar refractivity (Wildman–Crippen MR) is 67.0 cm³/mol. The van der Waals surface area contributed by atoms with Gasteiger partial charge in [-0.3, -0.25) is 0 Å². The first-order valence-electron chi connectivity index (χ1n) is 5.07. The summed E-state index contributed by atoms with van der Waals surface area (Å²) in [6.45, 7) is 2.03. The lowest BCUT2D eigenvalue weighted by Crippen LogP contribution is -1.95. The van der Waals surface area contributed by atoms with Gasteiger partial charge in [-0.15, -0.1) is 0 Å². The Balaban J connectivity index is 2.27. The molecule has 0 unspecified atom stereocenters. The Labute approximate surface area is 94.5 Å². The number of phenolic OH excluding ortho intramolecular Hbond substituents is 1. The van der Waals surface area contributed by atoms with Crippen molar-refractivity contribution in [2.24, 2.45) is 0 Å². The minimum absolute atomic E-state index is 0.173. The average molecular weight is 214 g/mol. The van der Waals surface area contributed by atoms with Crippen LogP contribution in [0.4, 0.5) is 17.1 Å². The number of nitrogens with one attached hydrogen (secondary N) is 1. The molecule has 0 saturated carbocycles.